The Bertz CT molecular complexity index is 751. The molecule has 2 aromatic rings. The van der Waals surface area contributed by atoms with E-state index >= 15 is 0 Å². The normalized spacial score (nSPS) is 14.7. The number of nitrogens with zero attached hydrogens (tertiary/aromatic N) is 2. The van der Waals surface area contributed by atoms with Crippen molar-refractivity contribution in [3.8, 4) is 0 Å². The summed E-state index contributed by atoms with van der Waals surface area (Å²) >= 11 is 1.62. The second kappa shape index (κ2) is 6.78. The van der Waals surface area contributed by atoms with Crippen LogP contribution in [-0.4, -0.2) is 35.1 Å². The van der Waals surface area contributed by atoms with Crippen molar-refractivity contribution >= 4 is 28.2 Å². The molecule has 3 heterocycles. The number of anilines is 1. The van der Waals surface area contributed by atoms with Crippen LogP contribution in [0.3, 0.4) is 0 Å². The standard InChI is InChI=1S/C17H20N2O4S/c1-11-12(2)24-17-13(11)9-18(7-3-6-15(20)21)10-19(17)16(22)14-5-4-8-23-14/h4-5,8H,3,6-7,9-10H2,1-2H3,(H,20,21). The van der Waals surface area contributed by atoms with Crippen LogP contribution in [0.2, 0.25) is 0 Å². The maximum Gasteiger partial charge on any atom is 0.303 e. The molecule has 128 valence electrons. The highest BCUT2D eigenvalue weighted by molar-refractivity contribution is 7.16. The van der Waals surface area contributed by atoms with Crippen molar-refractivity contribution in [2.75, 3.05) is 18.1 Å². The van der Waals surface area contributed by atoms with E-state index in [1.807, 2.05) is 0 Å². The number of carbonyl (C=O) groups is 2. The lowest BCUT2D eigenvalue weighted by Gasteiger charge is -2.35. The van der Waals surface area contributed by atoms with Gasteiger partial charge in [0.2, 0.25) is 0 Å². The second-order valence-corrected chi connectivity index (χ2v) is 7.17. The molecule has 3 rings (SSSR count). The van der Waals surface area contributed by atoms with Crippen molar-refractivity contribution < 1.29 is 19.1 Å². The zero-order valence-electron chi connectivity index (χ0n) is 13.7. The largest absolute Gasteiger partial charge is 0.481 e. The Labute approximate surface area is 144 Å². The third-order valence-electron chi connectivity index (χ3n) is 4.30. The number of carboxylic acids is 1. The van der Waals surface area contributed by atoms with Crippen LogP contribution in [0.25, 0.3) is 0 Å². The molecule has 0 saturated carbocycles. The van der Waals surface area contributed by atoms with Crippen LogP contribution in [-0.2, 0) is 11.3 Å². The molecular weight excluding hydrogens is 328 g/mol. The van der Waals surface area contributed by atoms with Crippen LogP contribution in [0, 0.1) is 13.8 Å². The molecule has 1 amide bonds. The Hall–Kier alpha value is -2.12. The Morgan fingerprint density at radius 3 is 2.83 bits per heavy atom. The molecule has 0 bridgehead atoms. The molecular formula is C17H20N2O4S. The molecule has 0 saturated heterocycles. The maximum atomic E-state index is 12.8. The molecule has 2 aromatic heterocycles. The predicted octanol–water partition coefficient (Wildman–Crippen LogP) is 3.24. The summed E-state index contributed by atoms with van der Waals surface area (Å²) < 4.78 is 5.27. The molecule has 7 heteroatoms. The molecule has 0 fully saturated rings. The van der Waals surface area contributed by atoms with Crippen molar-refractivity contribution in [2.24, 2.45) is 0 Å². The number of amides is 1. The number of fused-ring (bicyclic) bond motifs is 1. The van der Waals surface area contributed by atoms with Crippen LogP contribution in [0.1, 0.15) is 39.4 Å². The van der Waals surface area contributed by atoms with Gasteiger partial charge < -0.3 is 9.52 Å². The van der Waals surface area contributed by atoms with Gasteiger partial charge in [-0.2, -0.15) is 0 Å². The van der Waals surface area contributed by atoms with Gasteiger partial charge in [-0.15, -0.1) is 11.3 Å². The van der Waals surface area contributed by atoms with Gasteiger partial charge in [0.15, 0.2) is 5.76 Å². The van der Waals surface area contributed by atoms with E-state index in [-0.39, 0.29) is 12.3 Å². The van der Waals surface area contributed by atoms with Crippen molar-refractivity contribution in [1.29, 1.82) is 0 Å². The van der Waals surface area contributed by atoms with Crippen LogP contribution in [0.4, 0.5) is 5.00 Å². The van der Waals surface area contributed by atoms with E-state index in [1.54, 1.807) is 28.4 Å². The van der Waals surface area contributed by atoms with Gasteiger partial charge in [0.25, 0.3) is 5.91 Å². The molecule has 0 atom stereocenters. The van der Waals surface area contributed by atoms with Crippen LogP contribution in [0.15, 0.2) is 22.8 Å². The first kappa shape index (κ1) is 16.7. The van der Waals surface area contributed by atoms with Crippen LogP contribution in [0.5, 0.6) is 0 Å². The number of hydrogen-bond donors (Lipinski definition) is 1. The van der Waals surface area contributed by atoms with E-state index < -0.39 is 5.97 Å². The molecule has 1 N–H and O–H groups in total. The summed E-state index contributed by atoms with van der Waals surface area (Å²) in [6.45, 7) is 5.96. The molecule has 24 heavy (non-hydrogen) atoms. The first-order valence-electron chi connectivity index (χ1n) is 7.85. The summed E-state index contributed by atoms with van der Waals surface area (Å²) in [5.41, 5.74) is 2.36. The first-order chi connectivity index (χ1) is 11.5. The number of hydrogen-bond acceptors (Lipinski definition) is 5. The lowest BCUT2D eigenvalue weighted by atomic mass is 10.1. The van der Waals surface area contributed by atoms with Gasteiger partial charge in [0, 0.05) is 30.0 Å². The van der Waals surface area contributed by atoms with Crippen molar-refractivity contribution in [3.63, 3.8) is 0 Å². The smallest absolute Gasteiger partial charge is 0.303 e. The monoisotopic (exact) mass is 348 g/mol. The average molecular weight is 348 g/mol. The molecule has 0 unspecified atom stereocenters. The number of rotatable bonds is 5. The Kier molecular flexibility index (Phi) is 4.73. The lowest BCUT2D eigenvalue weighted by molar-refractivity contribution is -0.137. The summed E-state index contributed by atoms with van der Waals surface area (Å²) in [4.78, 5) is 28.6. The topological polar surface area (TPSA) is 74.0 Å². The minimum Gasteiger partial charge on any atom is -0.481 e. The van der Waals surface area contributed by atoms with Crippen molar-refractivity contribution in [3.05, 3.63) is 40.2 Å². The number of aryl methyl sites for hydroxylation is 1. The number of furan rings is 1. The minimum atomic E-state index is -0.793. The molecule has 0 spiro atoms. The van der Waals surface area contributed by atoms with E-state index in [0.29, 0.717) is 25.4 Å². The highest BCUT2D eigenvalue weighted by Gasteiger charge is 2.32. The van der Waals surface area contributed by atoms with Gasteiger partial charge in [0.1, 0.15) is 5.00 Å². The molecule has 6 nitrogen and oxygen atoms in total. The predicted molar refractivity (Wildman–Crippen MR) is 91.5 cm³/mol. The second-order valence-electron chi connectivity index (χ2n) is 5.97. The zero-order chi connectivity index (χ0) is 17.3. The van der Waals surface area contributed by atoms with Gasteiger partial charge >= 0.3 is 5.97 Å². The van der Waals surface area contributed by atoms with Crippen LogP contribution < -0.4 is 4.90 Å². The Morgan fingerprint density at radius 1 is 1.38 bits per heavy atom. The van der Waals surface area contributed by atoms with E-state index in [1.165, 1.54) is 16.7 Å². The van der Waals surface area contributed by atoms with E-state index in [4.69, 9.17) is 9.52 Å². The number of carbonyl (C=O) groups excluding carboxylic acids is 1. The average Bonchev–Trinajstić information content (AvgIpc) is 3.16. The zero-order valence-corrected chi connectivity index (χ0v) is 14.6. The molecule has 1 aliphatic rings. The molecule has 0 aliphatic carbocycles. The first-order valence-corrected chi connectivity index (χ1v) is 8.67. The number of carboxylic acid groups (broad SMARTS) is 1. The fourth-order valence-electron chi connectivity index (χ4n) is 2.89. The molecule has 0 radical (unpaired) electrons. The third-order valence-corrected chi connectivity index (χ3v) is 5.57. The molecule has 0 aromatic carbocycles. The van der Waals surface area contributed by atoms with Crippen LogP contribution >= 0.6 is 11.3 Å². The van der Waals surface area contributed by atoms with Gasteiger partial charge in [-0.3, -0.25) is 19.4 Å². The summed E-state index contributed by atoms with van der Waals surface area (Å²) in [5, 5.41) is 9.79. The lowest BCUT2D eigenvalue weighted by Crippen LogP contribution is -2.45. The van der Waals surface area contributed by atoms with Crippen molar-refractivity contribution in [1.82, 2.24) is 4.90 Å². The summed E-state index contributed by atoms with van der Waals surface area (Å²) in [6.07, 6.45) is 2.19. The fraction of sp³-hybridized carbons (Fsp3) is 0.412. The van der Waals surface area contributed by atoms with Crippen molar-refractivity contribution in [2.45, 2.75) is 33.2 Å². The summed E-state index contributed by atoms with van der Waals surface area (Å²) in [7, 11) is 0. The summed E-state index contributed by atoms with van der Waals surface area (Å²) in [5.74, 6) is -0.638. The highest BCUT2D eigenvalue weighted by atomic mass is 32.1. The van der Waals surface area contributed by atoms with Gasteiger partial charge in [-0.05, 0) is 38.0 Å². The maximum absolute atomic E-state index is 12.8. The third kappa shape index (κ3) is 3.22. The van der Waals surface area contributed by atoms with E-state index in [2.05, 4.69) is 18.7 Å². The molecule has 1 aliphatic heterocycles. The quantitative estimate of drug-likeness (QED) is 0.898. The highest BCUT2D eigenvalue weighted by Crippen LogP contribution is 2.39. The SMILES string of the molecule is Cc1sc2c(c1C)CN(CCCC(=O)O)CN2C(=O)c1ccco1. The Balaban J connectivity index is 1.85. The van der Waals surface area contributed by atoms with Gasteiger partial charge in [0.05, 0.1) is 12.9 Å². The fourth-order valence-corrected chi connectivity index (χ4v) is 4.05. The van der Waals surface area contributed by atoms with Gasteiger partial charge in [-0.25, -0.2) is 0 Å². The number of aliphatic carboxylic acids is 1. The minimum absolute atomic E-state index is 0.136. The van der Waals surface area contributed by atoms with E-state index in [9.17, 15) is 9.59 Å². The number of thiophene rings is 1. The van der Waals surface area contributed by atoms with E-state index in [0.717, 1.165) is 17.1 Å². The summed E-state index contributed by atoms with van der Waals surface area (Å²) in [6, 6.07) is 3.37. The van der Waals surface area contributed by atoms with Gasteiger partial charge in [-0.1, -0.05) is 0 Å². The Morgan fingerprint density at radius 2 is 2.17 bits per heavy atom.